The topological polar surface area (TPSA) is 113 Å². The largest absolute Gasteiger partial charge is 0.481 e. The fourth-order valence-corrected chi connectivity index (χ4v) is 10.2. The molecule has 1 aliphatic heterocycles. The van der Waals surface area contributed by atoms with E-state index in [-0.39, 0.29) is 35.7 Å². The predicted octanol–water partition coefficient (Wildman–Crippen LogP) is 6.71. The lowest BCUT2D eigenvalue weighted by Crippen LogP contribution is -2.64. The summed E-state index contributed by atoms with van der Waals surface area (Å²) in [5.74, 6) is -1.11. The van der Waals surface area contributed by atoms with Crippen LogP contribution in [-0.2, 0) is 19.1 Å². The first kappa shape index (κ1) is 34.2. The maximum atomic E-state index is 13.5. The third kappa shape index (κ3) is 6.12. The number of carbonyl (C=O) groups excluding carboxylic acids is 1. The van der Waals surface area contributed by atoms with Gasteiger partial charge in [-0.1, -0.05) is 64.3 Å². The number of fused-ring (bicyclic) bond motifs is 3. The van der Waals surface area contributed by atoms with Gasteiger partial charge in [-0.2, -0.15) is 0 Å². The molecule has 0 spiro atoms. The van der Waals surface area contributed by atoms with Crippen LogP contribution < -0.4 is 0 Å². The van der Waals surface area contributed by atoms with Crippen LogP contribution in [0.4, 0.5) is 0 Å². The van der Waals surface area contributed by atoms with E-state index in [9.17, 15) is 24.9 Å². The summed E-state index contributed by atoms with van der Waals surface area (Å²) in [6, 6.07) is 0. The molecule has 3 N–H and O–H groups in total. The number of hydrogen-bond donors (Lipinski definition) is 3. The maximum absolute atomic E-state index is 13.5. The van der Waals surface area contributed by atoms with Crippen molar-refractivity contribution in [2.24, 2.45) is 45.8 Å². The van der Waals surface area contributed by atoms with E-state index in [1.54, 1.807) is 13.8 Å². The number of aliphatic hydroxyl groups excluding tert-OH is 1. The number of carboxylic acid groups (broad SMARTS) is 1. The van der Waals surface area contributed by atoms with Gasteiger partial charge in [0.15, 0.2) is 6.10 Å². The van der Waals surface area contributed by atoms with Crippen LogP contribution in [0, 0.1) is 45.8 Å². The van der Waals surface area contributed by atoms with Gasteiger partial charge in [-0.15, -0.1) is 0 Å². The first-order valence-corrected chi connectivity index (χ1v) is 16.7. The molecule has 43 heavy (non-hydrogen) atoms. The summed E-state index contributed by atoms with van der Waals surface area (Å²) in [5, 5.41) is 32.2. The van der Waals surface area contributed by atoms with E-state index in [4.69, 9.17) is 9.47 Å². The van der Waals surface area contributed by atoms with Crippen LogP contribution in [0.2, 0.25) is 0 Å². The molecule has 3 fully saturated rings. The molecule has 0 unspecified atom stereocenters. The third-order valence-electron chi connectivity index (χ3n) is 12.5. The summed E-state index contributed by atoms with van der Waals surface area (Å²) in [4.78, 5) is 25.4. The number of aliphatic carboxylic acids is 1. The molecule has 0 aromatic heterocycles. The molecule has 4 rings (SSSR count). The predicted molar refractivity (Wildman–Crippen MR) is 167 cm³/mol. The van der Waals surface area contributed by atoms with Crippen LogP contribution in [0.3, 0.4) is 0 Å². The van der Waals surface area contributed by atoms with E-state index < -0.39 is 40.6 Å². The second kappa shape index (κ2) is 12.2. The summed E-state index contributed by atoms with van der Waals surface area (Å²) in [6.07, 6.45) is 8.33. The highest BCUT2D eigenvalue weighted by molar-refractivity contribution is 5.75. The molecular formula is C36H58O7. The first-order valence-electron chi connectivity index (χ1n) is 16.7. The first-order chi connectivity index (χ1) is 19.9. The van der Waals surface area contributed by atoms with E-state index in [0.717, 1.165) is 32.3 Å². The maximum Gasteiger partial charge on any atom is 0.335 e. The monoisotopic (exact) mass is 602 g/mol. The van der Waals surface area contributed by atoms with Gasteiger partial charge < -0.3 is 24.8 Å². The number of carboxylic acids is 1. The van der Waals surface area contributed by atoms with Gasteiger partial charge in [0, 0.05) is 11.8 Å². The Hall–Kier alpha value is -1.70. The Kier molecular flexibility index (Phi) is 9.73. The van der Waals surface area contributed by atoms with E-state index in [0.29, 0.717) is 31.1 Å². The van der Waals surface area contributed by atoms with Crippen molar-refractivity contribution in [1.29, 1.82) is 0 Å². The Morgan fingerprint density at radius 1 is 1.21 bits per heavy atom. The Labute approximate surface area is 259 Å². The third-order valence-corrected chi connectivity index (χ3v) is 12.5. The zero-order valence-corrected chi connectivity index (χ0v) is 28.1. The molecule has 0 radical (unpaired) electrons. The molecule has 3 aliphatic carbocycles. The number of hydrogen-bond acceptors (Lipinski definition) is 6. The van der Waals surface area contributed by atoms with E-state index in [1.807, 2.05) is 13.8 Å². The van der Waals surface area contributed by atoms with Crippen molar-refractivity contribution in [3.63, 3.8) is 0 Å². The number of aliphatic hydroxyl groups is 2. The average molecular weight is 603 g/mol. The zero-order valence-electron chi connectivity index (χ0n) is 28.1. The SMILES string of the molecule is CC[C@@H](C)[C@@H](O)C(=O)O[C@@H]1C[C@@H](C(C)(C)O)[C@@](C)(CCC(=O)O)[C@H]2CC[C@]3(C)C(=CC[C@H]3[C@H]3CO[C@H](C=C(C)C)C3)[C@@]21C. The molecule has 11 atom stereocenters. The van der Waals surface area contributed by atoms with Crippen molar-refractivity contribution in [2.75, 3.05) is 6.61 Å². The van der Waals surface area contributed by atoms with Crippen molar-refractivity contribution >= 4 is 11.9 Å². The van der Waals surface area contributed by atoms with Gasteiger partial charge in [-0.05, 0) is 107 Å². The number of esters is 1. The Morgan fingerprint density at radius 3 is 2.47 bits per heavy atom. The standard InChI is InChI=1S/C36H58O7/c1-10-22(4)31(39)32(40)43-29-19-28(33(5,6)41)35(8,16-14-30(37)38)27-13-15-34(7)25(11-12-26(34)36(27,29)9)23-18-24(42-20-23)17-21(2)3/h12,17,22-25,27-29,31,39,41H,10-11,13-16,18-20H2,1-9H3,(H,37,38)/t22-,23-,24-,25+,27-,28+,29-,31-,34+,35+,36+/m1/s1. The second-order valence-corrected chi connectivity index (χ2v) is 16.0. The Balaban J connectivity index is 1.76. The average Bonchev–Trinajstić information content (AvgIpc) is 3.51. The number of rotatable bonds is 10. The second-order valence-electron chi connectivity index (χ2n) is 16.0. The zero-order chi connectivity index (χ0) is 32.1. The Morgan fingerprint density at radius 2 is 1.88 bits per heavy atom. The summed E-state index contributed by atoms with van der Waals surface area (Å²) < 4.78 is 12.6. The minimum absolute atomic E-state index is 0.000563. The molecule has 0 aromatic carbocycles. The lowest BCUT2D eigenvalue weighted by atomic mass is 9.39. The van der Waals surface area contributed by atoms with Gasteiger partial charge in [0.25, 0.3) is 0 Å². The summed E-state index contributed by atoms with van der Waals surface area (Å²) in [5.41, 5.74) is 0.328. The molecule has 1 heterocycles. The van der Waals surface area contributed by atoms with Crippen molar-refractivity contribution in [2.45, 2.75) is 138 Å². The van der Waals surface area contributed by atoms with Crippen molar-refractivity contribution in [3.05, 3.63) is 23.3 Å². The summed E-state index contributed by atoms with van der Waals surface area (Å²) in [6.45, 7) is 19.1. The molecule has 0 amide bonds. The fourth-order valence-electron chi connectivity index (χ4n) is 10.2. The van der Waals surface area contributed by atoms with Crippen LogP contribution in [0.1, 0.15) is 114 Å². The van der Waals surface area contributed by atoms with Crippen LogP contribution in [-0.4, -0.2) is 57.8 Å². The Bertz CT molecular complexity index is 1120. The fraction of sp³-hybridized carbons (Fsp3) is 0.833. The molecule has 2 saturated carbocycles. The van der Waals surface area contributed by atoms with Gasteiger partial charge in [0.05, 0.1) is 18.3 Å². The van der Waals surface area contributed by atoms with Gasteiger partial charge in [0.2, 0.25) is 0 Å². The molecular weight excluding hydrogens is 544 g/mol. The molecule has 7 nitrogen and oxygen atoms in total. The quantitative estimate of drug-likeness (QED) is 0.188. The van der Waals surface area contributed by atoms with Crippen molar-refractivity contribution in [3.8, 4) is 0 Å². The van der Waals surface area contributed by atoms with Gasteiger partial charge in [-0.25, -0.2) is 4.79 Å². The molecule has 244 valence electrons. The lowest BCUT2D eigenvalue weighted by Gasteiger charge is -2.66. The molecule has 0 bridgehead atoms. The molecule has 7 heteroatoms. The molecule has 0 aromatic rings. The van der Waals surface area contributed by atoms with Crippen LogP contribution in [0.15, 0.2) is 23.3 Å². The number of allylic oxidation sites excluding steroid dienone is 2. The summed E-state index contributed by atoms with van der Waals surface area (Å²) >= 11 is 0. The van der Waals surface area contributed by atoms with Crippen LogP contribution >= 0.6 is 0 Å². The highest BCUT2D eigenvalue weighted by Gasteiger charge is 2.68. The van der Waals surface area contributed by atoms with Gasteiger partial charge in [0.1, 0.15) is 6.10 Å². The molecule has 4 aliphatic rings. The van der Waals surface area contributed by atoms with E-state index in [1.165, 1.54) is 11.1 Å². The van der Waals surface area contributed by atoms with Crippen molar-refractivity contribution < 1.29 is 34.4 Å². The van der Waals surface area contributed by atoms with Gasteiger partial charge >= 0.3 is 11.9 Å². The van der Waals surface area contributed by atoms with E-state index in [2.05, 4.69) is 46.8 Å². The van der Waals surface area contributed by atoms with Crippen LogP contribution in [0.5, 0.6) is 0 Å². The minimum Gasteiger partial charge on any atom is -0.481 e. The highest BCUT2D eigenvalue weighted by atomic mass is 16.6. The smallest absolute Gasteiger partial charge is 0.335 e. The van der Waals surface area contributed by atoms with E-state index >= 15 is 0 Å². The number of ether oxygens (including phenoxy) is 2. The minimum atomic E-state index is -1.21. The van der Waals surface area contributed by atoms with Gasteiger partial charge in [-0.3, -0.25) is 4.79 Å². The highest BCUT2D eigenvalue weighted by Crippen LogP contribution is 2.72. The van der Waals surface area contributed by atoms with Crippen LogP contribution in [0.25, 0.3) is 0 Å². The van der Waals surface area contributed by atoms with Crippen molar-refractivity contribution in [1.82, 2.24) is 0 Å². The lowest BCUT2D eigenvalue weighted by molar-refractivity contribution is -0.214. The number of carbonyl (C=O) groups is 2. The molecule has 1 saturated heterocycles. The normalized spacial score (nSPS) is 40.6. The summed E-state index contributed by atoms with van der Waals surface area (Å²) in [7, 11) is 0.